The Kier molecular flexibility index (Phi) is 11.8. The van der Waals surface area contributed by atoms with Crippen LogP contribution in [0, 0.1) is 0 Å². The van der Waals surface area contributed by atoms with Gasteiger partial charge in [-0.05, 0) is 13.8 Å². The van der Waals surface area contributed by atoms with Gasteiger partial charge in [-0.25, -0.2) is 0 Å². The van der Waals surface area contributed by atoms with Crippen molar-refractivity contribution >= 4 is 11.9 Å². The number of rotatable bonds is 2. The molecule has 0 aliphatic rings. The van der Waals surface area contributed by atoms with E-state index < -0.39 is 24.0 Å². The molecule has 0 amide bonds. The van der Waals surface area contributed by atoms with Crippen molar-refractivity contribution in [1.82, 2.24) is 0 Å². The molecule has 1 aromatic rings. The van der Waals surface area contributed by atoms with Crippen LogP contribution >= 0.6 is 0 Å². The number of hydrogen-bond donors (Lipinski definition) is 4. The number of hydrogen-bond acceptors (Lipinski definition) is 4. The molecule has 0 aromatic heterocycles. The Balaban J connectivity index is 0. The fourth-order valence-electron chi connectivity index (χ4n) is 0.385. The number of nitrogens with two attached hydrogens (primary N) is 2. The Hall–Kier alpha value is -1.92. The predicted molar refractivity (Wildman–Crippen MR) is 69.0 cm³/mol. The van der Waals surface area contributed by atoms with E-state index in [1.54, 1.807) is 0 Å². The summed E-state index contributed by atoms with van der Waals surface area (Å²) in [6, 6.07) is 10.5. The number of carboxylic acid groups (broad SMARTS) is 2. The van der Waals surface area contributed by atoms with E-state index in [-0.39, 0.29) is 0 Å². The molecule has 2 atom stereocenters. The summed E-state index contributed by atoms with van der Waals surface area (Å²) in [6.07, 6.45) is 0. The molecule has 0 heterocycles. The third-order valence-corrected chi connectivity index (χ3v) is 1.45. The normalized spacial score (nSPS) is 11.8. The zero-order chi connectivity index (χ0) is 14.6. The van der Waals surface area contributed by atoms with Crippen LogP contribution in [0.15, 0.2) is 36.4 Å². The molecule has 0 spiro atoms. The van der Waals surface area contributed by atoms with E-state index in [1.807, 2.05) is 36.4 Å². The third-order valence-electron chi connectivity index (χ3n) is 1.45. The van der Waals surface area contributed by atoms with E-state index in [0.717, 1.165) is 0 Å². The van der Waals surface area contributed by atoms with Gasteiger partial charge in [-0.15, -0.1) is 0 Å². The Morgan fingerprint density at radius 1 is 0.778 bits per heavy atom. The smallest absolute Gasteiger partial charge is 0.320 e. The van der Waals surface area contributed by atoms with E-state index in [2.05, 4.69) is 0 Å². The maximum Gasteiger partial charge on any atom is 0.320 e. The molecule has 0 bridgehead atoms. The molecule has 0 aliphatic heterocycles. The molecule has 0 saturated heterocycles. The minimum absolute atomic E-state index is 0.731. The summed E-state index contributed by atoms with van der Waals surface area (Å²) in [5.74, 6) is -1.93. The highest BCUT2D eigenvalue weighted by Gasteiger charge is 2.00. The van der Waals surface area contributed by atoms with Gasteiger partial charge in [-0.2, -0.15) is 0 Å². The van der Waals surface area contributed by atoms with Crippen LogP contribution in [-0.4, -0.2) is 34.2 Å². The van der Waals surface area contributed by atoms with Crippen LogP contribution in [0.5, 0.6) is 0 Å². The zero-order valence-electron chi connectivity index (χ0n) is 10.5. The highest BCUT2D eigenvalue weighted by atomic mass is 16.4. The molecule has 18 heavy (non-hydrogen) atoms. The van der Waals surface area contributed by atoms with Crippen LogP contribution in [0.2, 0.25) is 0 Å². The first-order valence-corrected chi connectivity index (χ1v) is 5.25. The van der Waals surface area contributed by atoms with Crippen LogP contribution in [0.1, 0.15) is 13.8 Å². The van der Waals surface area contributed by atoms with E-state index in [9.17, 15) is 9.59 Å². The van der Waals surface area contributed by atoms with Crippen molar-refractivity contribution in [2.75, 3.05) is 0 Å². The van der Waals surface area contributed by atoms with Gasteiger partial charge in [0.15, 0.2) is 0 Å². The van der Waals surface area contributed by atoms with Gasteiger partial charge >= 0.3 is 11.9 Å². The van der Waals surface area contributed by atoms with Crippen LogP contribution < -0.4 is 11.5 Å². The van der Waals surface area contributed by atoms with Gasteiger partial charge < -0.3 is 21.7 Å². The maximum atomic E-state index is 9.57. The second-order valence-electron chi connectivity index (χ2n) is 3.41. The van der Waals surface area contributed by atoms with Gasteiger partial charge in [0.2, 0.25) is 0 Å². The highest BCUT2D eigenvalue weighted by molar-refractivity contribution is 5.72. The molecule has 0 fully saturated rings. The number of aliphatic carboxylic acids is 2. The molecule has 0 saturated carbocycles. The standard InChI is InChI=1S/C6H6.2C3H7NO2/c1-2-4-6-5-3-1;2*1-2(4)3(5)6/h1-6H;2*2H,4H2,1H3,(H,5,6). The lowest BCUT2D eigenvalue weighted by molar-refractivity contribution is -0.139. The highest BCUT2D eigenvalue weighted by Crippen LogP contribution is 1.79. The second kappa shape index (κ2) is 11.6. The molecule has 2 unspecified atom stereocenters. The van der Waals surface area contributed by atoms with Crippen LogP contribution in [0.25, 0.3) is 0 Å². The summed E-state index contributed by atoms with van der Waals surface area (Å²) in [5.41, 5.74) is 9.67. The van der Waals surface area contributed by atoms with Gasteiger partial charge in [0.05, 0.1) is 0 Å². The molecule has 6 N–H and O–H groups in total. The third kappa shape index (κ3) is 16.5. The number of carboxylic acids is 2. The van der Waals surface area contributed by atoms with Gasteiger partial charge in [-0.1, -0.05) is 36.4 Å². The molecule has 6 heteroatoms. The van der Waals surface area contributed by atoms with Crippen molar-refractivity contribution in [2.45, 2.75) is 25.9 Å². The lowest BCUT2D eigenvalue weighted by Gasteiger charge is -1.90. The first-order chi connectivity index (χ1) is 8.29. The molecule has 1 rings (SSSR count). The van der Waals surface area contributed by atoms with E-state index in [4.69, 9.17) is 21.7 Å². The predicted octanol–water partition coefficient (Wildman–Crippen LogP) is 0.523. The first kappa shape index (κ1) is 18.4. The zero-order valence-corrected chi connectivity index (χ0v) is 10.5. The molecule has 0 radical (unpaired) electrons. The van der Waals surface area contributed by atoms with Crippen molar-refractivity contribution < 1.29 is 19.8 Å². The number of benzene rings is 1. The molecule has 6 nitrogen and oxygen atoms in total. The molecule has 1 aromatic carbocycles. The van der Waals surface area contributed by atoms with E-state index >= 15 is 0 Å². The average Bonchev–Trinajstić information content (AvgIpc) is 2.32. The van der Waals surface area contributed by atoms with Crippen molar-refractivity contribution in [2.24, 2.45) is 11.5 Å². The lowest BCUT2D eigenvalue weighted by atomic mass is 10.4. The fraction of sp³-hybridized carbons (Fsp3) is 0.333. The van der Waals surface area contributed by atoms with Crippen LogP contribution in [0.4, 0.5) is 0 Å². The maximum absolute atomic E-state index is 9.57. The molecular formula is C12H20N2O4. The Bertz CT molecular complexity index is 281. The summed E-state index contributed by atoms with van der Waals surface area (Å²) in [7, 11) is 0. The van der Waals surface area contributed by atoms with Crippen molar-refractivity contribution in [3.63, 3.8) is 0 Å². The lowest BCUT2D eigenvalue weighted by Crippen LogP contribution is -2.25. The first-order valence-electron chi connectivity index (χ1n) is 5.25. The Labute approximate surface area is 106 Å². The van der Waals surface area contributed by atoms with E-state index in [1.165, 1.54) is 13.8 Å². The summed E-state index contributed by atoms with van der Waals surface area (Å²) in [5, 5.41) is 15.7. The average molecular weight is 256 g/mol. The second-order valence-corrected chi connectivity index (χ2v) is 3.41. The fourth-order valence-corrected chi connectivity index (χ4v) is 0.385. The minimum Gasteiger partial charge on any atom is -0.480 e. The van der Waals surface area contributed by atoms with Crippen molar-refractivity contribution in [1.29, 1.82) is 0 Å². The van der Waals surface area contributed by atoms with Crippen LogP contribution in [0.3, 0.4) is 0 Å². The Morgan fingerprint density at radius 2 is 0.889 bits per heavy atom. The van der Waals surface area contributed by atoms with Gasteiger partial charge in [0.25, 0.3) is 0 Å². The quantitative estimate of drug-likeness (QED) is 0.611. The monoisotopic (exact) mass is 256 g/mol. The Morgan fingerprint density at radius 3 is 0.944 bits per heavy atom. The summed E-state index contributed by atoms with van der Waals surface area (Å²) in [6.45, 7) is 2.84. The minimum atomic E-state index is -0.963. The summed E-state index contributed by atoms with van der Waals surface area (Å²) in [4.78, 5) is 19.1. The molecule has 0 aliphatic carbocycles. The number of carbonyl (C=O) groups is 2. The van der Waals surface area contributed by atoms with Crippen LogP contribution in [-0.2, 0) is 9.59 Å². The summed E-state index contributed by atoms with van der Waals surface area (Å²) < 4.78 is 0. The largest absolute Gasteiger partial charge is 0.480 e. The van der Waals surface area contributed by atoms with Gasteiger partial charge in [0.1, 0.15) is 12.1 Å². The molecular weight excluding hydrogens is 236 g/mol. The van der Waals surface area contributed by atoms with Crippen molar-refractivity contribution in [3.8, 4) is 0 Å². The summed E-state index contributed by atoms with van der Waals surface area (Å²) >= 11 is 0. The van der Waals surface area contributed by atoms with E-state index in [0.29, 0.717) is 0 Å². The topological polar surface area (TPSA) is 127 Å². The van der Waals surface area contributed by atoms with Gasteiger partial charge in [0, 0.05) is 0 Å². The SMILES string of the molecule is CC(N)C(=O)O.CC(N)C(=O)O.c1ccccc1. The van der Waals surface area contributed by atoms with Crippen molar-refractivity contribution in [3.05, 3.63) is 36.4 Å². The molecule has 102 valence electrons. The van der Waals surface area contributed by atoms with Gasteiger partial charge in [-0.3, -0.25) is 9.59 Å².